The van der Waals surface area contributed by atoms with Gasteiger partial charge in [0.25, 0.3) is 5.78 Å². The zero-order valence-electron chi connectivity index (χ0n) is 20.8. The summed E-state index contributed by atoms with van der Waals surface area (Å²) in [6.45, 7) is 4.96. The zero-order chi connectivity index (χ0) is 26.8. The normalized spacial score (nSPS) is 16.8. The Balaban J connectivity index is 1.65. The van der Waals surface area contributed by atoms with Gasteiger partial charge in [0.15, 0.2) is 5.13 Å². The first kappa shape index (κ1) is 25.4. The summed E-state index contributed by atoms with van der Waals surface area (Å²) in [5, 5.41) is 11.5. The monoisotopic (exact) mass is 532 g/mol. The van der Waals surface area contributed by atoms with E-state index in [0.29, 0.717) is 40.9 Å². The minimum absolute atomic E-state index is 0.0990. The van der Waals surface area contributed by atoms with E-state index < -0.39 is 23.5 Å². The smallest absolute Gasteiger partial charge is 0.301 e. The van der Waals surface area contributed by atoms with E-state index in [1.165, 1.54) is 40.5 Å². The molecular weight excluding hydrogens is 507 g/mol. The SMILES string of the molecule is CCCOc1ccc(C2C(=C(O)c3ccc(F)cc3)C(=O)C(=O)N2c2nc3ccc(OCC)cc3s2)cc1. The molecule has 0 saturated carbocycles. The van der Waals surface area contributed by atoms with Gasteiger partial charge in [0.1, 0.15) is 23.1 Å². The van der Waals surface area contributed by atoms with Crippen LogP contribution in [0.25, 0.3) is 16.0 Å². The van der Waals surface area contributed by atoms with Crippen LogP contribution < -0.4 is 14.4 Å². The van der Waals surface area contributed by atoms with E-state index in [4.69, 9.17) is 9.47 Å². The van der Waals surface area contributed by atoms with Crippen LogP contribution in [-0.2, 0) is 9.59 Å². The number of fused-ring (bicyclic) bond motifs is 1. The third kappa shape index (κ3) is 4.72. The Morgan fingerprint density at radius 3 is 2.39 bits per heavy atom. The molecule has 0 spiro atoms. The number of ether oxygens (including phenoxy) is 2. The van der Waals surface area contributed by atoms with Crippen molar-refractivity contribution in [1.29, 1.82) is 0 Å². The average molecular weight is 533 g/mol. The van der Waals surface area contributed by atoms with Crippen molar-refractivity contribution < 1.29 is 28.6 Å². The number of ketones is 1. The summed E-state index contributed by atoms with van der Waals surface area (Å²) < 4.78 is 25.6. The Kier molecular flexibility index (Phi) is 7.11. The van der Waals surface area contributed by atoms with Gasteiger partial charge >= 0.3 is 5.91 Å². The highest BCUT2D eigenvalue weighted by molar-refractivity contribution is 7.22. The number of rotatable bonds is 8. The van der Waals surface area contributed by atoms with Crippen LogP contribution in [0.3, 0.4) is 0 Å². The largest absolute Gasteiger partial charge is 0.507 e. The van der Waals surface area contributed by atoms with E-state index in [0.717, 1.165) is 11.1 Å². The number of aliphatic hydroxyl groups is 1. The molecule has 5 rings (SSSR count). The van der Waals surface area contributed by atoms with Crippen LogP contribution in [0.5, 0.6) is 11.5 Å². The van der Waals surface area contributed by atoms with Gasteiger partial charge in [-0.2, -0.15) is 0 Å². The summed E-state index contributed by atoms with van der Waals surface area (Å²) in [5.74, 6) is -1.21. The lowest BCUT2D eigenvalue weighted by Crippen LogP contribution is -2.29. The first-order valence-electron chi connectivity index (χ1n) is 12.2. The van der Waals surface area contributed by atoms with Crippen molar-refractivity contribution in [3.05, 3.63) is 89.2 Å². The van der Waals surface area contributed by atoms with E-state index in [1.54, 1.807) is 36.4 Å². The molecule has 1 saturated heterocycles. The van der Waals surface area contributed by atoms with Crippen LogP contribution in [0.2, 0.25) is 0 Å². The van der Waals surface area contributed by atoms with Crippen molar-refractivity contribution in [2.75, 3.05) is 18.1 Å². The third-order valence-corrected chi connectivity index (χ3v) is 7.11. The molecule has 0 bridgehead atoms. The number of nitrogens with zero attached hydrogens (tertiary/aromatic N) is 2. The van der Waals surface area contributed by atoms with Crippen molar-refractivity contribution in [2.24, 2.45) is 0 Å². The second-order valence-corrected chi connectivity index (χ2v) is 9.66. The van der Waals surface area contributed by atoms with Gasteiger partial charge in [-0.15, -0.1) is 0 Å². The number of halogens is 1. The Bertz CT molecular complexity index is 1530. The lowest BCUT2D eigenvalue weighted by Gasteiger charge is -2.23. The molecule has 1 aliphatic rings. The second-order valence-electron chi connectivity index (χ2n) is 8.65. The minimum Gasteiger partial charge on any atom is -0.507 e. The van der Waals surface area contributed by atoms with E-state index in [1.807, 2.05) is 19.9 Å². The van der Waals surface area contributed by atoms with Crippen molar-refractivity contribution in [2.45, 2.75) is 26.3 Å². The fraction of sp³-hybridized carbons (Fsp3) is 0.207. The number of Topliss-reactive ketones (excluding diaryl/α,β-unsaturated/α-hetero) is 1. The lowest BCUT2D eigenvalue weighted by molar-refractivity contribution is -0.132. The Labute approximate surface area is 222 Å². The number of carbonyl (C=O) groups excluding carboxylic acids is 2. The third-order valence-electron chi connectivity index (χ3n) is 6.10. The van der Waals surface area contributed by atoms with Crippen molar-refractivity contribution >= 4 is 44.1 Å². The van der Waals surface area contributed by atoms with Crippen LogP contribution in [0.4, 0.5) is 9.52 Å². The molecule has 1 aromatic heterocycles. The number of hydrogen-bond donors (Lipinski definition) is 1. The number of benzene rings is 3. The van der Waals surface area contributed by atoms with Gasteiger partial charge in [-0.05, 0) is 73.5 Å². The number of carbonyl (C=O) groups is 2. The predicted octanol–water partition coefficient (Wildman–Crippen LogP) is 6.25. The molecule has 1 unspecified atom stereocenters. The zero-order valence-corrected chi connectivity index (χ0v) is 21.6. The van der Waals surface area contributed by atoms with E-state index in [-0.39, 0.29) is 16.9 Å². The van der Waals surface area contributed by atoms with Gasteiger partial charge in [-0.25, -0.2) is 9.37 Å². The number of thiazole rings is 1. The number of aromatic nitrogens is 1. The van der Waals surface area contributed by atoms with Gasteiger partial charge in [0.05, 0.1) is 35.0 Å². The summed E-state index contributed by atoms with van der Waals surface area (Å²) >= 11 is 1.25. The Hall–Kier alpha value is -4.24. The molecule has 1 atom stereocenters. The number of hydrogen-bond acceptors (Lipinski definition) is 7. The molecule has 38 heavy (non-hydrogen) atoms. The number of anilines is 1. The van der Waals surface area contributed by atoms with Crippen LogP contribution in [0.15, 0.2) is 72.3 Å². The van der Waals surface area contributed by atoms with E-state index in [2.05, 4.69) is 4.98 Å². The second kappa shape index (κ2) is 10.6. The summed E-state index contributed by atoms with van der Waals surface area (Å²) in [6, 6.07) is 16.6. The molecule has 1 N–H and O–H groups in total. The topological polar surface area (TPSA) is 89.0 Å². The van der Waals surface area contributed by atoms with Crippen LogP contribution in [0, 0.1) is 5.82 Å². The fourth-order valence-corrected chi connectivity index (χ4v) is 5.35. The van der Waals surface area contributed by atoms with Crippen molar-refractivity contribution in [3.63, 3.8) is 0 Å². The van der Waals surface area contributed by atoms with Crippen LogP contribution in [0.1, 0.15) is 37.4 Å². The Morgan fingerprint density at radius 2 is 1.71 bits per heavy atom. The average Bonchev–Trinajstić information content (AvgIpc) is 3.45. The van der Waals surface area contributed by atoms with Gasteiger partial charge < -0.3 is 14.6 Å². The fourth-order valence-electron chi connectivity index (χ4n) is 4.33. The standard InChI is InChI=1S/C29H25FN2O5S/c1-3-15-37-20-11-7-17(8-12-20)25-24(26(33)18-5-9-19(30)10-6-18)27(34)28(35)32(25)29-31-22-14-13-21(36-4-2)16-23(22)38-29/h5-14,16,25,33H,3-4,15H2,1-2H3. The molecule has 1 aliphatic heterocycles. The predicted molar refractivity (Wildman–Crippen MR) is 144 cm³/mol. The highest BCUT2D eigenvalue weighted by atomic mass is 32.1. The molecule has 9 heteroatoms. The molecule has 194 valence electrons. The van der Waals surface area contributed by atoms with Crippen molar-refractivity contribution in [1.82, 2.24) is 4.98 Å². The maximum atomic E-state index is 13.5. The molecule has 3 aromatic carbocycles. The maximum Gasteiger partial charge on any atom is 0.301 e. The highest BCUT2D eigenvalue weighted by Crippen LogP contribution is 2.45. The number of amides is 1. The van der Waals surface area contributed by atoms with Gasteiger partial charge in [0.2, 0.25) is 0 Å². The van der Waals surface area contributed by atoms with Gasteiger partial charge in [0, 0.05) is 5.56 Å². The number of aliphatic hydroxyl groups excluding tert-OH is 1. The van der Waals surface area contributed by atoms with Crippen LogP contribution in [-0.4, -0.2) is 35.0 Å². The Morgan fingerprint density at radius 1 is 1.00 bits per heavy atom. The van der Waals surface area contributed by atoms with E-state index in [9.17, 15) is 19.1 Å². The quantitative estimate of drug-likeness (QED) is 0.164. The van der Waals surface area contributed by atoms with Crippen LogP contribution >= 0.6 is 11.3 Å². The van der Waals surface area contributed by atoms with Gasteiger partial charge in [-0.3, -0.25) is 14.5 Å². The molecule has 0 aliphatic carbocycles. The molecule has 1 fully saturated rings. The first-order valence-corrected chi connectivity index (χ1v) is 13.1. The molecular formula is C29H25FN2O5S. The summed E-state index contributed by atoms with van der Waals surface area (Å²) in [5.41, 5.74) is 1.36. The minimum atomic E-state index is -0.952. The molecule has 2 heterocycles. The maximum absolute atomic E-state index is 13.5. The highest BCUT2D eigenvalue weighted by Gasteiger charge is 2.48. The summed E-state index contributed by atoms with van der Waals surface area (Å²) in [7, 11) is 0. The molecule has 4 aromatic rings. The molecule has 1 amide bonds. The molecule has 0 radical (unpaired) electrons. The first-order chi connectivity index (χ1) is 18.4. The van der Waals surface area contributed by atoms with Gasteiger partial charge in [-0.1, -0.05) is 30.4 Å². The summed E-state index contributed by atoms with van der Waals surface area (Å²) in [6.07, 6.45) is 0.849. The molecule has 7 nitrogen and oxygen atoms in total. The van der Waals surface area contributed by atoms with Crippen molar-refractivity contribution in [3.8, 4) is 11.5 Å². The summed E-state index contributed by atoms with van der Waals surface area (Å²) in [4.78, 5) is 32.7. The lowest BCUT2D eigenvalue weighted by atomic mass is 9.95. The van der Waals surface area contributed by atoms with E-state index >= 15 is 0 Å².